The first-order valence-corrected chi connectivity index (χ1v) is 7.30. The van der Waals surface area contributed by atoms with Crippen molar-refractivity contribution in [1.82, 2.24) is 0 Å². The number of hydrogen-bond acceptors (Lipinski definition) is 3. The van der Waals surface area contributed by atoms with E-state index >= 15 is 0 Å². The fourth-order valence-electron chi connectivity index (χ4n) is 4.59. The summed E-state index contributed by atoms with van der Waals surface area (Å²) >= 11 is 0. The molecule has 0 aromatic heterocycles. The van der Waals surface area contributed by atoms with Gasteiger partial charge in [-0.1, -0.05) is 19.8 Å². The normalized spacial score (nSPS) is 49.6. The highest BCUT2D eigenvalue weighted by molar-refractivity contribution is 5.15. The maximum atomic E-state index is 6.04. The van der Waals surface area contributed by atoms with E-state index in [4.69, 9.17) is 14.2 Å². The second-order valence-corrected chi connectivity index (χ2v) is 6.07. The summed E-state index contributed by atoms with van der Waals surface area (Å²) in [5, 5.41) is 0. The molecule has 4 rings (SSSR count). The van der Waals surface area contributed by atoms with E-state index in [0.29, 0.717) is 24.0 Å². The van der Waals surface area contributed by atoms with Gasteiger partial charge in [-0.05, 0) is 19.3 Å². The molecular formula is C14H22O3. The lowest BCUT2D eigenvalue weighted by Crippen LogP contribution is -2.66. The Bertz CT molecular complexity index is 311. The van der Waals surface area contributed by atoms with Crippen molar-refractivity contribution in [2.45, 2.75) is 57.0 Å². The largest absolute Gasteiger partial charge is 0.369 e. The van der Waals surface area contributed by atoms with Gasteiger partial charge in [-0.25, -0.2) is 0 Å². The van der Waals surface area contributed by atoms with Gasteiger partial charge in [0.1, 0.15) is 0 Å². The van der Waals surface area contributed by atoms with Crippen molar-refractivity contribution in [3.63, 3.8) is 0 Å². The molecule has 0 N–H and O–H groups in total. The molecular weight excluding hydrogens is 216 g/mol. The first kappa shape index (κ1) is 10.8. The number of ether oxygens (including phenoxy) is 3. The molecule has 0 radical (unpaired) electrons. The SMILES string of the molecule is CCCCC1C2C3OC3CCC2C12OCCO2. The fourth-order valence-corrected chi connectivity index (χ4v) is 4.59. The molecule has 2 saturated heterocycles. The third kappa shape index (κ3) is 1.33. The molecule has 4 fully saturated rings. The maximum absolute atomic E-state index is 6.04. The molecule has 96 valence electrons. The third-order valence-corrected chi connectivity index (χ3v) is 5.33. The van der Waals surface area contributed by atoms with Gasteiger partial charge < -0.3 is 14.2 Å². The van der Waals surface area contributed by atoms with Crippen LogP contribution >= 0.6 is 0 Å². The zero-order valence-corrected chi connectivity index (χ0v) is 10.6. The van der Waals surface area contributed by atoms with Crippen LogP contribution in [-0.4, -0.2) is 31.2 Å². The molecule has 2 aliphatic carbocycles. The summed E-state index contributed by atoms with van der Waals surface area (Å²) in [6, 6.07) is 0. The van der Waals surface area contributed by atoms with E-state index in [1.54, 1.807) is 0 Å². The van der Waals surface area contributed by atoms with Gasteiger partial charge >= 0.3 is 0 Å². The highest BCUT2D eigenvalue weighted by Gasteiger charge is 2.72. The van der Waals surface area contributed by atoms with Crippen LogP contribution in [0.1, 0.15) is 39.0 Å². The van der Waals surface area contributed by atoms with E-state index in [9.17, 15) is 0 Å². The van der Waals surface area contributed by atoms with Crippen molar-refractivity contribution in [3.8, 4) is 0 Å². The lowest BCUT2D eigenvalue weighted by atomic mass is 9.53. The second-order valence-electron chi connectivity index (χ2n) is 6.07. The van der Waals surface area contributed by atoms with Crippen LogP contribution in [0.25, 0.3) is 0 Å². The molecule has 1 spiro atoms. The van der Waals surface area contributed by atoms with Crippen LogP contribution in [0.3, 0.4) is 0 Å². The Hall–Kier alpha value is -0.120. The Morgan fingerprint density at radius 1 is 1.18 bits per heavy atom. The van der Waals surface area contributed by atoms with Crippen molar-refractivity contribution in [3.05, 3.63) is 0 Å². The molecule has 0 amide bonds. The Morgan fingerprint density at radius 3 is 2.76 bits per heavy atom. The number of rotatable bonds is 3. The van der Waals surface area contributed by atoms with Crippen LogP contribution in [0.15, 0.2) is 0 Å². The van der Waals surface area contributed by atoms with Gasteiger partial charge in [0, 0.05) is 17.8 Å². The third-order valence-electron chi connectivity index (χ3n) is 5.33. The average molecular weight is 238 g/mol. The van der Waals surface area contributed by atoms with E-state index < -0.39 is 0 Å². The lowest BCUT2D eigenvalue weighted by molar-refractivity contribution is -0.328. The highest BCUT2D eigenvalue weighted by atomic mass is 16.7. The molecule has 5 atom stereocenters. The summed E-state index contributed by atoms with van der Waals surface area (Å²) in [6.45, 7) is 3.85. The van der Waals surface area contributed by atoms with E-state index in [-0.39, 0.29) is 5.79 Å². The Balaban J connectivity index is 1.56. The average Bonchev–Trinajstić information content (AvgIpc) is 2.92. The lowest BCUT2D eigenvalue weighted by Gasteiger charge is -2.59. The van der Waals surface area contributed by atoms with Crippen molar-refractivity contribution < 1.29 is 14.2 Å². The summed E-state index contributed by atoms with van der Waals surface area (Å²) in [4.78, 5) is 0. The first-order chi connectivity index (χ1) is 8.37. The van der Waals surface area contributed by atoms with E-state index in [0.717, 1.165) is 19.1 Å². The Morgan fingerprint density at radius 2 is 2.00 bits per heavy atom. The summed E-state index contributed by atoms with van der Waals surface area (Å²) in [6.07, 6.45) is 7.41. The minimum Gasteiger partial charge on any atom is -0.369 e. The Labute approximate surface area is 103 Å². The molecule has 2 heterocycles. The second kappa shape index (κ2) is 3.69. The molecule has 0 bridgehead atoms. The monoisotopic (exact) mass is 238 g/mol. The van der Waals surface area contributed by atoms with Gasteiger partial charge in [0.15, 0.2) is 5.79 Å². The molecule has 0 aromatic carbocycles. The highest BCUT2D eigenvalue weighted by Crippen LogP contribution is 2.65. The van der Waals surface area contributed by atoms with Gasteiger partial charge in [-0.3, -0.25) is 0 Å². The zero-order valence-electron chi connectivity index (χ0n) is 10.6. The number of unbranched alkanes of at least 4 members (excludes halogenated alkanes) is 1. The summed E-state index contributed by atoms with van der Waals surface area (Å²) in [5.74, 6) is 1.76. The van der Waals surface area contributed by atoms with Gasteiger partial charge in [-0.15, -0.1) is 0 Å². The van der Waals surface area contributed by atoms with Crippen molar-refractivity contribution in [1.29, 1.82) is 0 Å². The summed E-state index contributed by atoms with van der Waals surface area (Å²) in [7, 11) is 0. The summed E-state index contributed by atoms with van der Waals surface area (Å²) in [5.41, 5.74) is 0. The predicted octanol–water partition coefficient (Wildman–Crippen LogP) is 2.34. The van der Waals surface area contributed by atoms with Crippen LogP contribution in [0, 0.1) is 17.8 Å². The quantitative estimate of drug-likeness (QED) is 0.707. The molecule has 0 aromatic rings. The molecule has 2 aliphatic heterocycles. The summed E-state index contributed by atoms with van der Waals surface area (Å²) < 4.78 is 17.9. The minimum atomic E-state index is -0.198. The molecule has 3 nitrogen and oxygen atoms in total. The molecule has 2 saturated carbocycles. The van der Waals surface area contributed by atoms with Crippen LogP contribution in [0.5, 0.6) is 0 Å². The minimum absolute atomic E-state index is 0.198. The molecule has 4 aliphatic rings. The van der Waals surface area contributed by atoms with E-state index in [1.807, 2.05) is 0 Å². The molecule has 3 heteroatoms. The van der Waals surface area contributed by atoms with Crippen LogP contribution in [0.2, 0.25) is 0 Å². The van der Waals surface area contributed by atoms with E-state index in [2.05, 4.69) is 6.92 Å². The van der Waals surface area contributed by atoms with Gasteiger partial charge in [0.25, 0.3) is 0 Å². The van der Waals surface area contributed by atoms with Crippen LogP contribution in [0.4, 0.5) is 0 Å². The zero-order chi connectivity index (χ0) is 11.5. The van der Waals surface area contributed by atoms with Gasteiger partial charge in [0.05, 0.1) is 25.4 Å². The smallest absolute Gasteiger partial charge is 0.174 e. The van der Waals surface area contributed by atoms with Crippen LogP contribution < -0.4 is 0 Å². The molecule has 5 unspecified atom stereocenters. The fraction of sp³-hybridized carbons (Fsp3) is 1.00. The number of hydrogen-bond donors (Lipinski definition) is 0. The predicted molar refractivity (Wildman–Crippen MR) is 62.5 cm³/mol. The molecule has 17 heavy (non-hydrogen) atoms. The van der Waals surface area contributed by atoms with Crippen molar-refractivity contribution >= 4 is 0 Å². The van der Waals surface area contributed by atoms with Crippen LogP contribution in [-0.2, 0) is 14.2 Å². The first-order valence-electron chi connectivity index (χ1n) is 7.30. The number of fused-ring (bicyclic) bond motifs is 4. The van der Waals surface area contributed by atoms with E-state index in [1.165, 1.54) is 32.1 Å². The number of epoxide rings is 1. The van der Waals surface area contributed by atoms with Gasteiger partial charge in [0.2, 0.25) is 0 Å². The van der Waals surface area contributed by atoms with Gasteiger partial charge in [-0.2, -0.15) is 0 Å². The maximum Gasteiger partial charge on any atom is 0.174 e. The van der Waals surface area contributed by atoms with Crippen molar-refractivity contribution in [2.24, 2.45) is 17.8 Å². The van der Waals surface area contributed by atoms with Crippen molar-refractivity contribution in [2.75, 3.05) is 13.2 Å². The standard InChI is InChI=1S/C14H22O3/c1-2-3-4-9-12-10(5-6-11-13(12)17-11)14(9)15-7-8-16-14/h9-13H,2-8H2,1H3. The Kier molecular flexibility index (Phi) is 2.34. The topological polar surface area (TPSA) is 31.0 Å².